The van der Waals surface area contributed by atoms with E-state index in [0.717, 1.165) is 6.54 Å². The Morgan fingerprint density at radius 3 is 2.56 bits per heavy atom. The summed E-state index contributed by atoms with van der Waals surface area (Å²) in [6.07, 6.45) is 0.0128. The standard InChI is InChI=1S/C4H9Br2N3/c5-2-1-8-4(7)3(6)9-2/h2-4,8-9H,1,7H2. The molecule has 3 unspecified atom stereocenters. The van der Waals surface area contributed by atoms with E-state index < -0.39 is 0 Å². The van der Waals surface area contributed by atoms with Crippen molar-refractivity contribution >= 4 is 31.9 Å². The fourth-order valence-corrected chi connectivity index (χ4v) is 2.01. The predicted molar refractivity (Wildman–Crippen MR) is 44.5 cm³/mol. The number of alkyl halides is 2. The Kier molecular flexibility index (Phi) is 2.91. The zero-order valence-electron chi connectivity index (χ0n) is 4.77. The summed E-state index contributed by atoms with van der Waals surface area (Å²) in [5, 5.41) is 6.28. The maximum atomic E-state index is 5.60. The van der Waals surface area contributed by atoms with E-state index in [1.807, 2.05) is 0 Å². The summed E-state index contributed by atoms with van der Waals surface area (Å²) in [6, 6.07) is 0. The van der Waals surface area contributed by atoms with Gasteiger partial charge >= 0.3 is 0 Å². The van der Waals surface area contributed by atoms with Gasteiger partial charge in [0, 0.05) is 6.54 Å². The van der Waals surface area contributed by atoms with Crippen molar-refractivity contribution in [3.63, 3.8) is 0 Å². The van der Waals surface area contributed by atoms with Crippen molar-refractivity contribution < 1.29 is 0 Å². The molecule has 0 aromatic carbocycles. The van der Waals surface area contributed by atoms with E-state index in [2.05, 4.69) is 42.5 Å². The predicted octanol–water partition coefficient (Wildman–Crippen LogP) is -0.0940. The zero-order valence-corrected chi connectivity index (χ0v) is 7.94. The Balaban J connectivity index is 2.35. The van der Waals surface area contributed by atoms with E-state index in [1.165, 1.54) is 0 Å². The van der Waals surface area contributed by atoms with Gasteiger partial charge in [0.2, 0.25) is 0 Å². The van der Waals surface area contributed by atoms with Crippen LogP contribution in [0.3, 0.4) is 0 Å². The zero-order chi connectivity index (χ0) is 6.85. The summed E-state index contributed by atoms with van der Waals surface area (Å²) in [4.78, 5) is 0.484. The van der Waals surface area contributed by atoms with Gasteiger partial charge in [-0.2, -0.15) is 0 Å². The van der Waals surface area contributed by atoms with Gasteiger partial charge in [0.25, 0.3) is 0 Å². The minimum Gasteiger partial charge on any atom is -0.314 e. The molecule has 0 radical (unpaired) electrons. The first kappa shape index (κ1) is 7.94. The number of nitrogens with one attached hydrogen (secondary N) is 2. The van der Waals surface area contributed by atoms with E-state index in [-0.39, 0.29) is 11.1 Å². The van der Waals surface area contributed by atoms with E-state index in [1.54, 1.807) is 0 Å². The second-order valence-electron chi connectivity index (χ2n) is 1.97. The normalized spacial score (nSPS) is 45.0. The molecule has 3 atom stereocenters. The summed E-state index contributed by atoms with van der Waals surface area (Å²) in [5.74, 6) is 0. The maximum absolute atomic E-state index is 5.60. The van der Waals surface area contributed by atoms with Crippen molar-refractivity contribution in [2.24, 2.45) is 5.73 Å². The van der Waals surface area contributed by atoms with Crippen molar-refractivity contribution in [2.45, 2.75) is 16.1 Å². The molecule has 1 saturated heterocycles. The molecule has 9 heavy (non-hydrogen) atoms. The lowest BCUT2D eigenvalue weighted by atomic mass is 10.4. The lowest BCUT2D eigenvalue weighted by Gasteiger charge is -2.30. The summed E-state index contributed by atoms with van der Waals surface area (Å²) in [7, 11) is 0. The molecule has 1 heterocycles. The molecule has 1 fully saturated rings. The Hall–Kier alpha value is 0.840. The van der Waals surface area contributed by atoms with Crippen LogP contribution in [0.2, 0.25) is 0 Å². The van der Waals surface area contributed by atoms with E-state index in [0.29, 0.717) is 4.95 Å². The van der Waals surface area contributed by atoms with Crippen LogP contribution >= 0.6 is 31.9 Å². The molecule has 0 spiro atoms. The van der Waals surface area contributed by atoms with Gasteiger partial charge in [0.05, 0.1) is 16.1 Å². The molecule has 4 N–H and O–H groups in total. The van der Waals surface area contributed by atoms with Crippen molar-refractivity contribution in [3.8, 4) is 0 Å². The summed E-state index contributed by atoms with van der Waals surface area (Å²) in [5.41, 5.74) is 5.60. The number of rotatable bonds is 0. The number of nitrogens with two attached hydrogens (primary N) is 1. The Morgan fingerprint density at radius 1 is 1.44 bits per heavy atom. The minimum absolute atomic E-state index is 0.0128. The van der Waals surface area contributed by atoms with Crippen LogP contribution in [0.1, 0.15) is 0 Å². The molecule has 5 heteroatoms. The molecule has 0 saturated carbocycles. The van der Waals surface area contributed by atoms with Gasteiger partial charge in [-0.15, -0.1) is 0 Å². The largest absolute Gasteiger partial charge is 0.314 e. The lowest BCUT2D eigenvalue weighted by molar-refractivity contribution is 0.394. The molecule has 0 aromatic heterocycles. The van der Waals surface area contributed by atoms with Crippen LogP contribution in [-0.2, 0) is 0 Å². The maximum Gasteiger partial charge on any atom is 0.0926 e. The number of piperazine rings is 1. The monoisotopic (exact) mass is 257 g/mol. The molecular formula is C4H9Br2N3. The summed E-state index contributed by atoms with van der Waals surface area (Å²) >= 11 is 6.76. The van der Waals surface area contributed by atoms with Gasteiger partial charge < -0.3 is 5.73 Å². The second kappa shape index (κ2) is 3.30. The Bertz CT molecular complexity index is 99.8. The topological polar surface area (TPSA) is 50.1 Å². The van der Waals surface area contributed by atoms with Crippen LogP contribution in [0, 0.1) is 0 Å². The highest BCUT2D eigenvalue weighted by molar-refractivity contribution is 9.10. The molecule has 0 amide bonds. The minimum atomic E-state index is 0.0128. The smallest absolute Gasteiger partial charge is 0.0926 e. The van der Waals surface area contributed by atoms with E-state index in [4.69, 9.17) is 5.73 Å². The third-order valence-corrected chi connectivity index (χ3v) is 2.61. The molecule has 1 aliphatic rings. The van der Waals surface area contributed by atoms with Crippen LogP contribution in [-0.4, -0.2) is 22.6 Å². The lowest BCUT2D eigenvalue weighted by Crippen LogP contribution is -2.60. The average Bonchev–Trinajstić information content (AvgIpc) is 1.80. The molecule has 0 bridgehead atoms. The quantitative estimate of drug-likeness (QED) is 0.421. The molecule has 54 valence electrons. The first-order valence-corrected chi connectivity index (χ1v) is 4.56. The molecule has 1 rings (SSSR count). The second-order valence-corrected chi connectivity index (χ2v) is 4.06. The van der Waals surface area contributed by atoms with Gasteiger partial charge in [-0.25, -0.2) is 0 Å². The third-order valence-electron chi connectivity index (χ3n) is 1.19. The van der Waals surface area contributed by atoms with Crippen molar-refractivity contribution in [1.82, 2.24) is 10.6 Å². The van der Waals surface area contributed by atoms with Crippen LogP contribution in [0.15, 0.2) is 0 Å². The third kappa shape index (κ3) is 2.16. The van der Waals surface area contributed by atoms with Crippen LogP contribution < -0.4 is 16.4 Å². The van der Waals surface area contributed by atoms with Crippen LogP contribution in [0.5, 0.6) is 0 Å². The summed E-state index contributed by atoms with van der Waals surface area (Å²) in [6.45, 7) is 0.864. The van der Waals surface area contributed by atoms with E-state index in [9.17, 15) is 0 Å². The van der Waals surface area contributed by atoms with E-state index >= 15 is 0 Å². The molecular weight excluding hydrogens is 250 g/mol. The van der Waals surface area contributed by atoms with Crippen LogP contribution in [0.4, 0.5) is 0 Å². The Labute approximate surface area is 71.0 Å². The van der Waals surface area contributed by atoms with Crippen molar-refractivity contribution in [1.29, 1.82) is 0 Å². The SMILES string of the molecule is NC1NCC(Br)NC1Br. The van der Waals surface area contributed by atoms with Crippen molar-refractivity contribution in [3.05, 3.63) is 0 Å². The van der Waals surface area contributed by atoms with Crippen LogP contribution in [0.25, 0.3) is 0 Å². The van der Waals surface area contributed by atoms with Gasteiger partial charge in [-0.3, -0.25) is 10.6 Å². The average molecular weight is 259 g/mol. The summed E-state index contributed by atoms with van der Waals surface area (Å²) < 4.78 is 0. The van der Waals surface area contributed by atoms with Gasteiger partial charge in [0.15, 0.2) is 0 Å². The van der Waals surface area contributed by atoms with Gasteiger partial charge in [0.1, 0.15) is 0 Å². The number of hydrogen-bond donors (Lipinski definition) is 3. The highest BCUT2D eigenvalue weighted by Crippen LogP contribution is 2.07. The number of halogens is 2. The van der Waals surface area contributed by atoms with Gasteiger partial charge in [-0.1, -0.05) is 31.9 Å². The fourth-order valence-electron chi connectivity index (χ4n) is 0.678. The molecule has 3 nitrogen and oxygen atoms in total. The molecule has 0 aliphatic carbocycles. The van der Waals surface area contributed by atoms with Crippen molar-refractivity contribution in [2.75, 3.05) is 6.54 Å². The first-order valence-electron chi connectivity index (χ1n) is 2.73. The fraction of sp³-hybridized carbons (Fsp3) is 1.00. The highest BCUT2D eigenvalue weighted by atomic mass is 79.9. The first-order chi connectivity index (χ1) is 4.20. The molecule has 1 aliphatic heterocycles. The Morgan fingerprint density at radius 2 is 2.11 bits per heavy atom. The van der Waals surface area contributed by atoms with Gasteiger partial charge in [-0.05, 0) is 0 Å². The highest BCUT2D eigenvalue weighted by Gasteiger charge is 2.22. The number of hydrogen-bond acceptors (Lipinski definition) is 3. The molecule has 0 aromatic rings.